The van der Waals surface area contributed by atoms with Crippen LogP contribution < -0.4 is 0 Å². The summed E-state index contributed by atoms with van der Waals surface area (Å²) in [4.78, 5) is 11.2. The number of nitrogens with zero attached hydrogens (tertiary/aromatic N) is 1. The van der Waals surface area contributed by atoms with Crippen molar-refractivity contribution in [2.75, 3.05) is 0 Å². The van der Waals surface area contributed by atoms with Gasteiger partial charge >= 0.3 is 0 Å². The van der Waals surface area contributed by atoms with Crippen LogP contribution in [0.4, 0.5) is 4.39 Å². The Hall–Kier alpha value is -1.11. The average molecular weight is 232 g/mol. The van der Waals surface area contributed by atoms with Crippen molar-refractivity contribution in [2.45, 2.75) is 6.42 Å². The maximum absolute atomic E-state index is 12.9. The number of Topliss-reactive ketones (excluding diaryl/α,β-unsaturated/α-hetero) is 1. The Morgan fingerprint density at radius 2 is 1.93 bits per heavy atom. The topological polar surface area (TPSA) is 40.9 Å². The van der Waals surface area contributed by atoms with Gasteiger partial charge in [0.1, 0.15) is 0 Å². The Morgan fingerprint density at radius 3 is 2.36 bits per heavy atom. The van der Waals surface area contributed by atoms with E-state index in [2.05, 4.69) is 0 Å². The largest absolute Gasteiger partial charge is 0.293 e. The number of nitriles is 1. The predicted molar refractivity (Wildman–Crippen MR) is 51.0 cm³/mol. The average Bonchev–Trinajstić information content (AvgIpc) is 2.13. The summed E-state index contributed by atoms with van der Waals surface area (Å²) in [6.07, 6.45) is -0.279. The molecule has 5 heteroatoms. The van der Waals surface area contributed by atoms with Crippen LogP contribution in [0.15, 0.2) is 12.1 Å². The summed E-state index contributed by atoms with van der Waals surface area (Å²) in [5.74, 6) is -1.20. The van der Waals surface area contributed by atoms with Crippen molar-refractivity contribution in [3.63, 3.8) is 0 Å². The molecule has 0 aliphatic rings. The first-order valence-electron chi connectivity index (χ1n) is 3.61. The summed E-state index contributed by atoms with van der Waals surface area (Å²) >= 11 is 10.9. The van der Waals surface area contributed by atoms with E-state index in [9.17, 15) is 9.18 Å². The van der Waals surface area contributed by atoms with E-state index in [1.165, 1.54) is 0 Å². The third-order valence-electron chi connectivity index (χ3n) is 1.55. The summed E-state index contributed by atoms with van der Waals surface area (Å²) in [7, 11) is 0. The zero-order valence-electron chi connectivity index (χ0n) is 6.85. The fraction of sp³-hybridized carbons (Fsp3) is 0.111. The van der Waals surface area contributed by atoms with Crippen molar-refractivity contribution >= 4 is 29.0 Å². The van der Waals surface area contributed by atoms with Gasteiger partial charge in [0.2, 0.25) is 0 Å². The van der Waals surface area contributed by atoms with Gasteiger partial charge in [0.05, 0.1) is 22.5 Å². The normalized spacial score (nSPS) is 9.57. The van der Waals surface area contributed by atoms with Crippen LogP contribution in [-0.4, -0.2) is 5.78 Å². The lowest BCUT2D eigenvalue weighted by Crippen LogP contribution is -1.98. The second kappa shape index (κ2) is 4.41. The van der Waals surface area contributed by atoms with Gasteiger partial charge in [-0.2, -0.15) is 5.26 Å². The van der Waals surface area contributed by atoms with E-state index in [1.807, 2.05) is 0 Å². The molecule has 14 heavy (non-hydrogen) atoms. The fourth-order valence-corrected chi connectivity index (χ4v) is 1.38. The highest BCUT2D eigenvalue weighted by Gasteiger charge is 2.12. The Bertz CT molecular complexity index is 402. The molecule has 0 unspecified atom stereocenters. The van der Waals surface area contributed by atoms with Crippen LogP contribution in [0.3, 0.4) is 0 Å². The van der Waals surface area contributed by atoms with Crippen LogP contribution in [-0.2, 0) is 0 Å². The Labute approximate surface area is 89.9 Å². The van der Waals surface area contributed by atoms with E-state index in [4.69, 9.17) is 28.5 Å². The number of hydrogen-bond acceptors (Lipinski definition) is 2. The third kappa shape index (κ3) is 2.22. The van der Waals surface area contributed by atoms with Gasteiger partial charge in [0.25, 0.3) is 0 Å². The van der Waals surface area contributed by atoms with Crippen LogP contribution in [0.5, 0.6) is 0 Å². The van der Waals surface area contributed by atoms with Crippen molar-refractivity contribution in [1.29, 1.82) is 5.26 Å². The Balaban J connectivity index is 3.14. The van der Waals surface area contributed by atoms with E-state index < -0.39 is 11.6 Å². The quantitative estimate of drug-likeness (QED) is 0.580. The molecule has 0 fully saturated rings. The third-order valence-corrected chi connectivity index (χ3v) is 2.10. The maximum atomic E-state index is 12.9. The van der Waals surface area contributed by atoms with Crippen LogP contribution in [0, 0.1) is 17.1 Å². The summed E-state index contributed by atoms with van der Waals surface area (Å²) in [6.45, 7) is 0. The van der Waals surface area contributed by atoms with Gasteiger partial charge in [-0.05, 0) is 12.1 Å². The van der Waals surface area contributed by atoms with Crippen LogP contribution >= 0.6 is 23.2 Å². The smallest absolute Gasteiger partial charge is 0.177 e. The van der Waals surface area contributed by atoms with E-state index in [0.717, 1.165) is 12.1 Å². The van der Waals surface area contributed by atoms with Crippen molar-refractivity contribution < 1.29 is 9.18 Å². The zero-order chi connectivity index (χ0) is 10.7. The van der Waals surface area contributed by atoms with Gasteiger partial charge in [-0.3, -0.25) is 4.79 Å². The lowest BCUT2D eigenvalue weighted by molar-refractivity contribution is 0.0997. The number of hydrogen-bond donors (Lipinski definition) is 0. The summed E-state index contributed by atoms with van der Waals surface area (Å²) < 4.78 is 12.9. The van der Waals surface area contributed by atoms with Gasteiger partial charge < -0.3 is 0 Å². The van der Waals surface area contributed by atoms with Crippen LogP contribution in [0.2, 0.25) is 10.0 Å². The molecule has 0 saturated heterocycles. The number of benzene rings is 1. The molecule has 0 bridgehead atoms. The molecule has 0 amide bonds. The van der Waals surface area contributed by atoms with E-state index in [1.54, 1.807) is 6.07 Å². The first-order chi connectivity index (χ1) is 6.56. The molecule has 0 atom stereocenters. The van der Waals surface area contributed by atoms with Gasteiger partial charge in [0, 0.05) is 5.56 Å². The lowest BCUT2D eigenvalue weighted by atomic mass is 10.1. The highest BCUT2D eigenvalue weighted by molar-refractivity contribution is 6.35. The predicted octanol–water partition coefficient (Wildman–Crippen LogP) is 3.23. The SMILES string of the molecule is N#CCC(=O)c1cc(Cl)c(F)c(Cl)c1. The van der Waals surface area contributed by atoms with E-state index in [0.29, 0.717) is 0 Å². The molecular formula is C9H4Cl2FNO. The van der Waals surface area contributed by atoms with Crippen molar-refractivity contribution in [1.82, 2.24) is 0 Å². The standard InChI is InChI=1S/C9H4Cl2FNO/c10-6-3-5(8(14)1-2-13)4-7(11)9(6)12/h3-4H,1H2. The van der Waals surface area contributed by atoms with Gasteiger partial charge in [0.15, 0.2) is 11.6 Å². The minimum atomic E-state index is -0.762. The van der Waals surface area contributed by atoms with Gasteiger partial charge in [-0.25, -0.2) is 4.39 Å². The molecule has 1 aromatic carbocycles. The first-order valence-corrected chi connectivity index (χ1v) is 4.36. The highest BCUT2D eigenvalue weighted by Crippen LogP contribution is 2.25. The van der Waals surface area contributed by atoms with Crippen molar-refractivity contribution in [3.8, 4) is 6.07 Å². The molecule has 0 N–H and O–H groups in total. The minimum Gasteiger partial charge on any atom is -0.293 e. The van der Waals surface area contributed by atoms with Crippen LogP contribution in [0.1, 0.15) is 16.8 Å². The molecule has 0 saturated carbocycles. The molecule has 2 nitrogen and oxygen atoms in total. The molecule has 72 valence electrons. The fourth-order valence-electron chi connectivity index (χ4n) is 0.890. The highest BCUT2D eigenvalue weighted by atomic mass is 35.5. The maximum Gasteiger partial charge on any atom is 0.177 e. The number of ketones is 1. The zero-order valence-corrected chi connectivity index (χ0v) is 8.36. The molecular weight excluding hydrogens is 228 g/mol. The molecule has 1 aromatic rings. The van der Waals surface area contributed by atoms with Gasteiger partial charge in [-0.1, -0.05) is 23.2 Å². The number of rotatable bonds is 2. The molecule has 0 aliphatic heterocycles. The molecule has 0 aromatic heterocycles. The first kappa shape index (κ1) is 11.0. The second-order valence-electron chi connectivity index (χ2n) is 2.51. The lowest BCUT2D eigenvalue weighted by Gasteiger charge is -2.01. The molecule has 0 radical (unpaired) electrons. The molecule has 0 aliphatic carbocycles. The van der Waals surface area contributed by atoms with Crippen LogP contribution in [0.25, 0.3) is 0 Å². The number of halogens is 3. The molecule has 0 heterocycles. The van der Waals surface area contributed by atoms with Crippen molar-refractivity contribution in [3.05, 3.63) is 33.6 Å². The number of carbonyl (C=O) groups excluding carboxylic acids is 1. The van der Waals surface area contributed by atoms with E-state index in [-0.39, 0.29) is 22.0 Å². The second-order valence-corrected chi connectivity index (χ2v) is 3.33. The Morgan fingerprint density at radius 1 is 1.43 bits per heavy atom. The summed E-state index contributed by atoms with van der Waals surface area (Å²) in [5.41, 5.74) is 0.142. The molecule has 1 rings (SSSR count). The summed E-state index contributed by atoms with van der Waals surface area (Å²) in [5, 5.41) is 7.83. The van der Waals surface area contributed by atoms with Gasteiger partial charge in [-0.15, -0.1) is 0 Å². The minimum absolute atomic E-state index is 0.142. The monoisotopic (exact) mass is 231 g/mol. The molecule has 0 spiro atoms. The van der Waals surface area contributed by atoms with Crippen molar-refractivity contribution in [2.24, 2.45) is 0 Å². The Kier molecular flexibility index (Phi) is 3.45. The summed E-state index contributed by atoms with van der Waals surface area (Å²) in [6, 6.07) is 4.00. The van der Waals surface area contributed by atoms with E-state index >= 15 is 0 Å². The number of carbonyl (C=O) groups is 1.